The van der Waals surface area contributed by atoms with Crippen LogP contribution in [0.25, 0.3) is 0 Å². The molecule has 1 aliphatic rings. The van der Waals surface area contributed by atoms with Crippen LogP contribution in [0.1, 0.15) is 30.5 Å². The van der Waals surface area contributed by atoms with Crippen LogP contribution in [-0.4, -0.2) is 26.4 Å². The summed E-state index contributed by atoms with van der Waals surface area (Å²) >= 11 is 0. The van der Waals surface area contributed by atoms with Gasteiger partial charge in [0.1, 0.15) is 5.75 Å². The average Bonchev–Trinajstić information content (AvgIpc) is 3.09. The van der Waals surface area contributed by atoms with Gasteiger partial charge in [0.05, 0.1) is 13.5 Å². The van der Waals surface area contributed by atoms with Crippen molar-refractivity contribution in [3.63, 3.8) is 0 Å². The standard InChI is InChI=1S/C21H25NO4/c1-14-5-6-15(9-18(14)24-4)10-20(23)22-12-21(2,3)16-7-8-17-19(11-16)26-13-25-17/h5-9,11H,10,12-13H2,1-4H3,(H,22,23). The summed E-state index contributed by atoms with van der Waals surface area (Å²) in [4.78, 5) is 12.4. The molecule has 0 atom stereocenters. The van der Waals surface area contributed by atoms with Crippen molar-refractivity contribution < 1.29 is 19.0 Å². The zero-order valence-electron chi connectivity index (χ0n) is 15.7. The summed E-state index contributed by atoms with van der Waals surface area (Å²) in [6, 6.07) is 11.8. The van der Waals surface area contributed by atoms with E-state index in [0.29, 0.717) is 13.0 Å². The number of fused-ring (bicyclic) bond motifs is 1. The number of methoxy groups -OCH3 is 1. The van der Waals surface area contributed by atoms with Gasteiger partial charge in [-0.15, -0.1) is 0 Å². The van der Waals surface area contributed by atoms with Crippen molar-refractivity contribution in [3.8, 4) is 17.2 Å². The first kappa shape index (κ1) is 18.1. The molecular formula is C21H25NO4. The van der Waals surface area contributed by atoms with E-state index in [4.69, 9.17) is 14.2 Å². The third-order valence-corrected chi connectivity index (χ3v) is 4.72. The number of carbonyl (C=O) groups excluding carboxylic acids is 1. The van der Waals surface area contributed by atoms with Crippen LogP contribution in [0.5, 0.6) is 17.2 Å². The van der Waals surface area contributed by atoms with Crippen LogP contribution < -0.4 is 19.5 Å². The highest BCUT2D eigenvalue weighted by molar-refractivity contribution is 5.78. The molecule has 5 nitrogen and oxygen atoms in total. The summed E-state index contributed by atoms with van der Waals surface area (Å²) in [5.74, 6) is 2.32. The zero-order chi connectivity index (χ0) is 18.7. The van der Waals surface area contributed by atoms with Crippen molar-refractivity contribution in [3.05, 3.63) is 53.1 Å². The molecule has 0 saturated carbocycles. The Kier molecular flexibility index (Phi) is 5.07. The van der Waals surface area contributed by atoms with E-state index in [9.17, 15) is 4.79 Å². The van der Waals surface area contributed by atoms with Crippen molar-refractivity contribution in [2.45, 2.75) is 32.6 Å². The third kappa shape index (κ3) is 3.93. The fraction of sp³-hybridized carbons (Fsp3) is 0.381. The number of amides is 1. The molecule has 0 aliphatic carbocycles. The van der Waals surface area contributed by atoms with E-state index in [1.165, 1.54) is 0 Å². The van der Waals surface area contributed by atoms with Crippen molar-refractivity contribution >= 4 is 5.91 Å². The molecular weight excluding hydrogens is 330 g/mol. The molecule has 0 bridgehead atoms. The van der Waals surface area contributed by atoms with Crippen LogP contribution >= 0.6 is 0 Å². The Morgan fingerprint density at radius 1 is 1.15 bits per heavy atom. The fourth-order valence-corrected chi connectivity index (χ4v) is 2.96. The highest BCUT2D eigenvalue weighted by atomic mass is 16.7. The molecule has 5 heteroatoms. The highest BCUT2D eigenvalue weighted by Gasteiger charge is 2.24. The molecule has 0 fully saturated rings. The second-order valence-electron chi connectivity index (χ2n) is 7.21. The molecule has 0 unspecified atom stereocenters. The van der Waals surface area contributed by atoms with Crippen LogP contribution in [-0.2, 0) is 16.6 Å². The Labute approximate surface area is 154 Å². The first-order chi connectivity index (χ1) is 12.4. The van der Waals surface area contributed by atoms with Gasteiger partial charge in [-0.2, -0.15) is 0 Å². The molecule has 26 heavy (non-hydrogen) atoms. The minimum Gasteiger partial charge on any atom is -0.496 e. The Morgan fingerprint density at radius 2 is 1.92 bits per heavy atom. The molecule has 0 spiro atoms. The summed E-state index contributed by atoms with van der Waals surface area (Å²) in [6.45, 7) is 6.97. The summed E-state index contributed by atoms with van der Waals surface area (Å²) in [6.07, 6.45) is 0.327. The fourth-order valence-electron chi connectivity index (χ4n) is 2.96. The van der Waals surface area contributed by atoms with E-state index >= 15 is 0 Å². The van der Waals surface area contributed by atoms with Crippen molar-refractivity contribution in [2.24, 2.45) is 0 Å². The Morgan fingerprint density at radius 3 is 2.69 bits per heavy atom. The van der Waals surface area contributed by atoms with Crippen LogP contribution in [0, 0.1) is 6.92 Å². The molecule has 0 saturated heterocycles. The van der Waals surface area contributed by atoms with Crippen molar-refractivity contribution in [2.75, 3.05) is 20.4 Å². The summed E-state index contributed by atoms with van der Waals surface area (Å²) in [5, 5.41) is 3.04. The molecule has 0 radical (unpaired) electrons. The molecule has 2 aromatic carbocycles. The van der Waals surface area contributed by atoms with E-state index < -0.39 is 0 Å². The molecule has 1 aliphatic heterocycles. The predicted octanol–water partition coefficient (Wildman–Crippen LogP) is 3.37. The SMILES string of the molecule is COc1cc(CC(=O)NCC(C)(C)c2ccc3c(c2)OCO3)ccc1C. The molecule has 1 amide bonds. The lowest BCUT2D eigenvalue weighted by atomic mass is 9.84. The van der Waals surface area contributed by atoms with Gasteiger partial charge in [-0.1, -0.05) is 32.0 Å². The molecule has 1 N–H and O–H groups in total. The van der Waals surface area contributed by atoms with Gasteiger partial charge in [-0.05, 0) is 41.8 Å². The van der Waals surface area contributed by atoms with E-state index in [0.717, 1.165) is 33.9 Å². The Hall–Kier alpha value is -2.69. The second kappa shape index (κ2) is 7.28. The van der Waals surface area contributed by atoms with Gasteiger partial charge in [0, 0.05) is 12.0 Å². The molecule has 0 aromatic heterocycles. The van der Waals surface area contributed by atoms with E-state index in [1.807, 2.05) is 43.3 Å². The van der Waals surface area contributed by atoms with Gasteiger partial charge < -0.3 is 19.5 Å². The normalized spacial score (nSPS) is 12.8. The minimum absolute atomic E-state index is 0.00951. The summed E-state index contributed by atoms with van der Waals surface area (Å²) in [5.41, 5.74) is 2.87. The number of carbonyl (C=O) groups is 1. The Balaban J connectivity index is 1.61. The smallest absolute Gasteiger partial charge is 0.231 e. The summed E-state index contributed by atoms with van der Waals surface area (Å²) < 4.78 is 16.1. The predicted molar refractivity (Wildman–Crippen MR) is 100 cm³/mol. The molecule has 138 valence electrons. The van der Waals surface area contributed by atoms with Gasteiger partial charge in [0.15, 0.2) is 11.5 Å². The maximum absolute atomic E-state index is 12.4. The first-order valence-electron chi connectivity index (χ1n) is 8.69. The highest BCUT2D eigenvalue weighted by Crippen LogP contribution is 2.36. The van der Waals surface area contributed by atoms with Gasteiger partial charge >= 0.3 is 0 Å². The van der Waals surface area contributed by atoms with Crippen LogP contribution in [0.3, 0.4) is 0 Å². The number of hydrogen-bond donors (Lipinski definition) is 1. The van der Waals surface area contributed by atoms with Crippen molar-refractivity contribution in [1.82, 2.24) is 5.32 Å². The van der Waals surface area contributed by atoms with Crippen molar-refractivity contribution in [1.29, 1.82) is 0 Å². The number of nitrogens with one attached hydrogen (secondary N) is 1. The quantitative estimate of drug-likeness (QED) is 0.863. The zero-order valence-corrected chi connectivity index (χ0v) is 15.7. The lowest BCUT2D eigenvalue weighted by Crippen LogP contribution is -2.37. The van der Waals surface area contributed by atoms with Gasteiger partial charge in [-0.3, -0.25) is 4.79 Å². The summed E-state index contributed by atoms with van der Waals surface area (Å²) in [7, 11) is 1.64. The van der Waals surface area contributed by atoms with E-state index in [-0.39, 0.29) is 18.1 Å². The number of rotatable bonds is 6. The van der Waals surface area contributed by atoms with E-state index in [1.54, 1.807) is 7.11 Å². The van der Waals surface area contributed by atoms with Gasteiger partial charge in [0.25, 0.3) is 0 Å². The monoisotopic (exact) mass is 355 g/mol. The number of hydrogen-bond acceptors (Lipinski definition) is 4. The van der Waals surface area contributed by atoms with Gasteiger partial charge in [0.2, 0.25) is 12.7 Å². The maximum atomic E-state index is 12.4. The third-order valence-electron chi connectivity index (χ3n) is 4.72. The number of benzene rings is 2. The maximum Gasteiger partial charge on any atom is 0.231 e. The first-order valence-corrected chi connectivity index (χ1v) is 8.69. The number of aryl methyl sites for hydroxylation is 1. The average molecular weight is 355 g/mol. The number of ether oxygens (including phenoxy) is 3. The minimum atomic E-state index is -0.221. The van der Waals surface area contributed by atoms with Crippen LogP contribution in [0.4, 0.5) is 0 Å². The molecule has 2 aromatic rings. The Bertz CT molecular complexity index is 814. The molecule has 1 heterocycles. The van der Waals surface area contributed by atoms with Crippen LogP contribution in [0.2, 0.25) is 0 Å². The lowest BCUT2D eigenvalue weighted by Gasteiger charge is -2.26. The van der Waals surface area contributed by atoms with Gasteiger partial charge in [-0.25, -0.2) is 0 Å². The molecule has 3 rings (SSSR count). The van der Waals surface area contributed by atoms with Crippen LogP contribution in [0.15, 0.2) is 36.4 Å². The lowest BCUT2D eigenvalue weighted by molar-refractivity contribution is -0.120. The van der Waals surface area contributed by atoms with E-state index in [2.05, 4.69) is 19.2 Å². The largest absolute Gasteiger partial charge is 0.496 e. The topological polar surface area (TPSA) is 56.8 Å². The second-order valence-corrected chi connectivity index (χ2v) is 7.21.